The van der Waals surface area contributed by atoms with Gasteiger partial charge < -0.3 is 5.11 Å². The van der Waals surface area contributed by atoms with Gasteiger partial charge in [-0.05, 0) is 25.2 Å². The van der Waals surface area contributed by atoms with Crippen molar-refractivity contribution in [2.75, 3.05) is 0 Å². The van der Waals surface area contributed by atoms with E-state index in [4.69, 9.17) is 0 Å². The first-order valence-corrected chi connectivity index (χ1v) is 13.8. The van der Waals surface area contributed by atoms with Crippen LogP contribution >= 0.6 is 0 Å². The minimum absolute atomic E-state index is 0.465. The van der Waals surface area contributed by atoms with Gasteiger partial charge in [-0.15, -0.1) is 0 Å². The van der Waals surface area contributed by atoms with Crippen molar-refractivity contribution in [2.45, 2.75) is 163 Å². The molecule has 1 N–H and O–H groups in total. The maximum atomic E-state index is 12.0. The fourth-order valence-corrected chi connectivity index (χ4v) is 4.96. The molecule has 2 heteroatoms. The summed E-state index contributed by atoms with van der Waals surface area (Å²) >= 11 is 0. The van der Waals surface area contributed by atoms with Crippen LogP contribution in [0, 0.1) is 11.3 Å². The van der Waals surface area contributed by atoms with Crippen LogP contribution in [0.1, 0.15) is 163 Å². The second-order valence-corrected chi connectivity index (χ2v) is 9.91. The van der Waals surface area contributed by atoms with Gasteiger partial charge in [0, 0.05) is 0 Å². The highest BCUT2D eigenvalue weighted by atomic mass is 16.4. The number of carboxylic acids is 1. The molecule has 2 nitrogen and oxygen atoms in total. The van der Waals surface area contributed by atoms with Crippen molar-refractivity contribution >= 4 is 5.97 Å². The van der Waals surface area contributed by atoms with E-state index >= 15 is 0 Å². The van der Waals surface area contributed by atoms with Gasteiger partial charge in [0.1, 0.15) is 0 Å². The van der Waals surface area contributed by atoms with Gasteiger partial charge >= 0.3 is 5.97 Å². The van der Waals surface area contributed by atoms with E-state index in [0.717, 1.165) is 38.0 Å². The molecule has 1 atom stereocenters. The Morgan fingerprint density at radius 2 is 0.967 bits per heavy atom. The van der Waals surface area contributed by atoms with Gasteiger partial charge in [-0.3, -0.25) is 4.79 Å². The van der Waals surface area contributed by atoms with Crippen LogP contribution in [0.15, 0.2) is 0 Å². The van der Waals surface area contributed by atoms with Crippen molar-refractivity contribution in [3.63, 3.8) is 0 Å². The average molecular weight is 425 g/mol. The molecule has 0 radical (unpaired) electrons. The first-order valence-electron chi connectivity index (χ1n) is 13.8. The lowest BCUT2D eigenvalue weighted by Crippen LogP contribution is -2.30. The number of aliphatic carboxylic acids is 1. The molecule has 1 unspecified atom stereocenters. The van der Waals surface area contributed by atoms with Gasteiger partial charge in [0.15, 0.2) is 0 Å². The lowest BCUT2D eigenvalue weighted by molar-refractivity contribution is -0.150. The third kappa shape index (κ3) is 14.5. The van der Waals surface area contributed by atoms with Gasteiger partial charge in [-0.1, -0.05) is 143 Å². The molecule has 0 aromatic heterocycles. The Kier molecular flexibility index (Phi) is 20.0. The first kappa shape index (κ1) is 29.5. The quantitative estimate of drug-likeness (QED) is 0.166. The molecule has 0 rings (SSSR count). The number of hydrogen-bond acceptors (Lipinski definition) is 1. The lowest BCUT2D eigenvalue weighted by atomic mass is 9.75. The van der Waals surface area contributed by atoms with Gasteiger partial charge in [-0.2, -0.15) is 0 Å². The summed E-state index contributed by atoms with van der Waals surface area (Å²) in [6.07, 6.45) is 26.0. The van der Waals surface area contributed by atoms with Crippen LogP contribution in [0.2, 0.25) is 0 Å². The predicted molar refractivity (Wildman–Crippen MR) is 133 cm³/mol. The Balaban J connectivity index is 4.32. The zero-order valence-electron chi connectivity index (χ0n) is 21.3. The van der Waals surface area contributed by atoms with Crippen molar-refractivity contribution < 1.29 is 9.90 Å². The largest absolute Gasteiger partial charge is 0.481 e. The molecule has 0 saturated carbocycles. The summed E-state index contributed by atoms with van der Waals surface area (Å²) in [7, 11) is 0. The smallest absolute Gasteiger partial charge is 0.309 e. The minimum Gasteiger partial charge on any atom is -0.481 e. The number of rotatable bonds is 23. The fourth-order valence-electron chi connectivity index (χ4n) is 4.96. The zero-order valence-corrected chi connectivity index (χ0v) is 21.3. The topological polar surface area (TPSA) is 37.3 Å². The summed E-state index contributed by atoms with van der Waals surface area (Å²) in [6.45, 7) is 8.88. The number of hydrogen-bond donors (Lipinski definition) is 1. The van der Waals surface area contributed by atoms with E-state index < -0.39 is 11.4 Å². The molecular formula is C28H56O2. The van der Waals surface area contributed by atoms with Crippen LogP contribution in [-0.4, -0.2) is 11.1 Å². The van der Waals surface area contributed by atoms with Crippen molar-refractivity contribution in [3.05, 3.63) is 0 Å². The fraction of sp³-hybridized carbons (Fsp3) is 0.964. The summed E-state index contributed by atoms with van der Waals surface area (Å²) in [6, 6.07) is 0. The van der Waals surface area contributed by atoms with Crippen LogP contribution in [0.3, 0.4) is 0 Å². The normalized spacial score (nSPS) is 13.6. The molecule has 30 heavy (non-hydrogen) atoms. The number of unbranched alkanes of at least 4 members (excludes halogenated alkanes) is 11. The second kappa shape index (κ2) is 20.4. The third-order valence-corrected chi connectivity index (χ3v) is 7.34. The minimum atomic E-state index is -0.550. The maximum Gasteiger partial charge on any atom is 0.309 e. The van der Waals surface area contributed by atoms with Crippen LogP contribution in [-0.2, 0) is 4.79 Å². The number of carbonyl (C=O) groups is 1. The van der Waals surface area contributed by atoms with E-state index in [1.54, 1.807) is 0 Å². The Labute approximate surface area is 190 Å². The van der Waals surface area contributed by atoms with E-state index in [9.17, 15) is 9.90 Å². The van der Waals surface area contributed by atoms with Gasteiger partial charge in [0.05, 0.1) is 5.41 Å². The number of carboxylic acid groups (broad SMARTS) is 1. The molecule has 0 aliphatic rings. The van der Waals surface area contributed by atoms with Crippen molar-refractivity contribution in [2.24, 2.45) is 11.3 Å². The van der Waals surface area contributed by atoms with Crippen molar-refractivity contribution in [1.29, 1.82) is 0 Å². The summed E-state index contributed by atoms with van der Waals surface area (Å²) in [5, 5.41) is 9.91. The van der Waals surface area contributed by atoms with E-state index in [1.165, 1.54) is 103 Å². The van der Waals surface area contributed by atoms with E-state index in [2.05, 4.69) is 27.7 Å². The molecule has 0 aromatic carbocycles. The van der Waals surface area contributed by atoms with E-state index in [1.807, 2.05) is 0 Å². The van der Waals surface area contributed by atoms with Crippen LogP contribution < -0.4 is 0 Å². The monoisotopic (exact) mass is 424 g/mol. The molecule has 0 aliphatic carbocycles. The Bertz CT molecular complexity index is 367. The SMILES string of the molecule is CCCCCCC(CCCCCC)CCCCCC(CC)(CCCCCC)C(=O)O. The molecular weight excluding hydrogens is 368 g/mol. The molecule has 0 bridgehead atoms. The summed E-state index contributed by atoms with van der Waals surface area (Å²) < 4.78 is 0. The van der Waals surface area contributed by atoms with E-state index in [-0.39, 0.29) is 0 Å². The summed E-state index contributed by atoms with van der Waals surface area (Å²) in [5.74, 6) is 0.356. The standard InChI is InChI=1S/C28H56O2/c1-5-9-12-16-21-26(22-17-13-10-6-2)23-18-15-20-25-28(8-4,27(29)30)24-19-14-11-7-3/h26H,5-25H2,1-4H3,(H,29,30). The van der Waals surface area contributed by atoms with Crippen LogP contribution in [0.5, 0.6) is 0 Å². The molecule has 0 aliphatic heterocycles. The molecule has 0 heterocycles. The zero-order chi connectivity index (χ0) is 22.5. The maximum absolute atomic E-state index is 12.0. The third-order valence-electron chi connectivity index (χ3n) is 7.34. The van der Waals surface area contributed by atoms with Crippen LogP contribution in [0.4, 0.5) is 0 Å². The Morgan fingerprint density at radius 3 is 1.30 bits per heavy atom. The molecule has 180 valence electrons. The molecule has 0 fully saturated rings. The highest BCUT2D eigenvalue weighted by molar-refractivity contribution is 5.74. The highest BCUT2D eigenvalue weighted by Gasteiger charge is 2.35. The molecule has 0 amide bonds. The van der Waals surface area contributed by atoms with Gasteiger partial charge in [-0.25, -0.2) is 0 Å². The van der Waals surface area contributed by atoms with Crippen molar-refractivity contribution in [1.82, 2.24) is 0 Å². The summed E-state index contributed by atoms with van der Waals surface area (Å²) in [5.41, 5.74) is -0.465. The lowest BCUT2D eigenvalue weighted by Gasteiger charge is -2.28. The molecule has 0 saturated heterocycles. The second-order valence-electron chi connectivity index (χ2n) is 9.91. The molecule has 0 aromatic rings. The Morgan fingerprint density at radius 1 is 0.600 bits per heavy atom. The first-order chi connectivity index (χ1) is 14.6. The molecule has 0 spiro atoms. The van der Waals surface area contributed by atoms with Crippen LogP contribution in [0.25, 0.3) is 0 Å². The van der Waals surface area contributed by atoms with Gasteiger partial charge in [0.25, 0.3) is 0 Å². The predicted octanol–water partition coefficient (Wildman–Crippen LogP) is 9.95. The summed E-state index contributed by atoms with van der Waals surface area (Å²) in [4.78, 5) is 12.0. The highest BCUT2D eigenvalue weighted by Crippen LogP contribution is 2.36. The van der Waals surface area contributed by atoms with Crippen molar-refractivity contribution in [3.8, 4) is 0 Å². The Hall–Kier alpha value is -0.530. The van der Waals surface area contributed by atoms with E-state index in [0.29, 0.717) is 0 Å². The van der Waals surface area contributed by atoms with Gasteiger partial charge in [0.2, 0.25) is 0 Å². The average Bonchev–Trinajstić information content (AvgIpc) is 2.74.